The molecule has 0 aliphatic heterocycles. The van der Waals surface area contributed by atoms with Crippen molar-refractivity contribution in [3.8, 4) is 0 Å². The average molecular weight is 155 g/mol. The average Bonchev–Trinajstić information content (AvgIpc) is 2.00. The van der Waals surface area contributed by atoms with Gasteiger partial charge in [-0.3, -0.25) is 0 Å². The van der Waals surface area contributed by atoms with Gasteiger partial charge in [0.25, 0.3) is 0 Å². The van der Waals surface area contributed by atoms with E-state index in [9.17, 15) is 4.39 Å². The SMILES string of the molecule is C=C/C=C\C(F)=C(/C)CCN. The van der Waals surface area contributed by atoms with E-state index in [1.807, 2.05) is 0 Å². The Hall–Kier alpha value is -0.890. The maximum atomic E-state index is 12.9. The Morgan fingerprint density at radius 2 is 2.27 bits per heavy atom. The van der Waals surface area contributed by atoms with Gasteiger partial charge in [-0.25, -0.2) is 4.39 Å². The Labute approximate surface area is 67.1 Å². The molecular weight excluding hydrogens is 141 g/mol. The molecule has 62 valence electrons. The largest absolute Gasteiger partial charge is 0.330 e. The molecule has 11 heavy (non-hydrogen) atoms. The molecule has 0 aromatic carbocycles. The quantitative estimate of drug-likeness (QED) is 0.619. The third kappa shape index (κ3) is 4.51. The highest BCUT2D eigenvalue weighted by Crippen LogP contribution is 2.09. The van der Waals surface area contributed by atoms with E-state index in [0.29, 0.717) is 18.5 Å². The smallest absolute Gasteiger partial charge is 0.122 e. The Morgan fingerprint density at radius 3 is 2.73 bits per heavy atom. The summed E-state index contributed by atoms with van der Waals surface area (Å²) in [6.45, 7) is 5.66. The molecule has 0 bridgehead atoms. The molecule has 0 aromatic rings. The standard InChI is InChI=1S/C9H14FN/c1-3-4-5-9(10)8(2)6-7-11/h3-5H,1,6-7,11H2,2H3/b5-4-,9-8-. The highest BCUT2D eigenvalue weighted by atomic mass is 19.1. The first-order valence-electron chi connectivity index (χ1n) is 3.56. The Balaban J connectivity index is 4.14. The molecule has 0 aliphatic rings. The summed E-state index contributed by atoms with van der Waals surface area (Å²) in [4.78, 5) is 0. The van der Waals surface area contributed by atoms with Gasteiger partial charge in [0.2, 0.25) is 0 Å². The van der Waals surface area contributed by atoms with Crippen molar-refractivity contribution in [3.63, 3.8) is 0 Å². The van der Waals surface area contributed by atoms with Crippen molar-refractivity contribution in [1.82, 2.24) is 0 Å². The molecule has 0 amide bonds. The van der Waals surface area contributed by atoms with Gasteiger partial charge in [0.05, 0.1) is 0 Å². The van der Waals surface area contributed by atoms with Crippen LogP contribution in [0.25, 0.3) is 0 Å². The second kappa shape index (κ2) is 5.86. The van der Waals surface area contributed by atoms with Crippen molar-refractivity contribution in [3.05, 3.63) is 36.2 Å². The fourth-order valence-corrected chi connectivity index (χ4v) is 0.631. The van der Waals surface area contributed by atoms with Crippen LogP contribution in [0, 0.1) is 0 Å². The lowest BCUT2D eigenvalue weighted by Crippen LogP contribution is -1.99. The second-order valence-corrected chi connectivity index (χ2v) is 2.26. The van der Waals surface area contributed by atoms with Crippen LogP contribution in [0.5, 0.6) is 0 Å². The summed E-state index contributed by atoms with van der Waals surface area (Å²) in [5.74, 6) is -0.213. The van der Waals surface area contributed by atoms with E-state index in [1.54, 1.807) is 13.0 Å². The number of nitrogens with two attached hydrogens (primary N) is 1. The lowest BCUT2D eigenvalue weighted by atomic mass is 10.2. The van der Waals surface area contributed by atoms with E-state index >= 15 is 0 Å². The van der Waals surface area contributed by atoms with Gasteiger partial charge in [0.15, 0.2) is 0 Å². The van der Waals surface area contributed by atoms with Crippen molar-refractivity contribution in [1.29, 1.82) is 0 Å². The van der Waals surface area contributed by atoms with Gasteiger partial charge in [-0.15, -0.1) is 0 Å². The minimum Gasteiger partial charge on any atom is -0.330 e. The number of hydrogen-bond acceptors (Lipinski definition) is 1. The normalized spacial score (nSPS) is 13.4. The number of allylic oxidation sites excluding steroid dienone is 4. The van der Waals surface area contributed by atoms with Gasteiger partial charge >= 0.3 is 0 Å². The Kier molecular flexibility index (Phi) is 5.39. The zero-order valence-corrected chi connectivity index (χ0v) is 6.81. The molecule has 0 aromatic heterocycles. The molecule has 0 unspecified atom stereocenters. The van der Waals surface area contributed by atoms with Crippen LogP contribution >= 0.6 is 0 Å². The van der Waals surface area contributed by atoms with Gasteiger partial charge < -0.3 is 5.73 Å². The second-order valence-electron chi connectivity index (χ2n) is 2.26. The molecule has 2 heteroatoms. The highest BCUT2D eigenvalue weighted by Gasteiger charge is 1.94. The molecule has 0 rings (SSSR count). The first kappa shape index (κ1) is 10.1. The zero-order valence-electron chi connectivity index (χ0n) is 6.81. The summed E-state index contributed by atoms with van der Waals surface area (Å²) in [7, 11) is 0. The summed E-state index contributed by atoms with van der Waals surface area (Å²) in [5.41, 5.74) is 5.94. The summed E-state index contributed by atoms with van der Waals surface area (Å²) >= 11 is 0. The van der Waals surface area contributed by atoms with E-state index in [0.717, 1.165) is 0 Å². The van der Waals surface area contributed by atoms with Crippen LogP contribution in [0.4, 0.5) is 4.39 Å². The van der Waals surface area contributed by atoms with Crippen LogP contribution in [0.1, 0.15) is 13.3 Å². The first-order valence-corrected chi connectivity index (χ1v) is 3.56. The fraction of sp³-hybridized carbons (Fsp3) is 0.333. The topological polar surface area (TPSA) is 26.0 Å². The summed E-state index contributed by atoms with van der Waals surface area (Å²) in [6, 6.07) is 0. The van der Waals surface area contributed by atoms with Crippen LogP contribution < -0.4 is 5.73 Å². The van der Waals surface area contributed by atoms with Crippen LogP contribution in [-0.2, 0) is 0 Å². The lowest BCUT2D eigenvalue weighted by Gasteiger charge is -1.96. The number of halogens is 1. The third-order valence-corrected chi connectivity index (χ3v) is 1.31. The van der Waals surface area contributed by atoms with E-state index in [4.69, 9.17) is 5.73 Å². The highest BCUT2D eigenvalue weighted by molar-refractivity contribution is 5.20. The maximum absolute atomic E-state index is 12.9. The molecule has 0 saturated carbocycles. The predicted molar refractivity (Wildman–Crippen MR) is 46.8 cm³/mol. The fourth-order valence-electron chi connectivity index (χ4n) is 0.631. The Bertz CT molecular complexity index is 180. The molecule has 0 fully saturated rings. The zero-order chi connectivity index (χ0) is 8.69. The maximum Gasteiger partial charge on any atom is 0.122 e. The predicted octanol–water partition coefficient (Wildman–Crippen LogP) is 2.32. The van der Waals surface area contributed by atoms with Crippen molar-refractivity contribution in [2.24, 2.45) is 5.73 Å². The van der Waals surface area contributed by atoms with Crippen molar-refractivity contribution < 1.29 is 4.39 Å². The van der Waals surface area contributed by atoms with Crippen LogP contribution in [-0.4, -0.2) is 6.54 Å². The number of rotatable bonds is 4. The summed E-state index contributed by atoms with van der Waals surface area (Å²) in [6.07, 6.45) is 5.09. The molecule has 0 heterocycles. The molecule has 0 radical (unpaired) electrons. The van der Waals surface area contributed by atoms with E-state index in [2.05, 4.69) is 6.58 Å². The van der Waals surface area contributed by atoms with Crippen LogP contribution in [0.15, 0.2) is 36.2 Å². The third-order valence-electron chi connectivity index (χ3n) is 1.31. The molecule has 1 nitrogen and oxygen atoms in total. The van der Waals surface area contributed by atoms with Crippen molar-refractivity contribution in [2.75, 3.05) is 6.54 Å². The molecule has 0 spiro atoms. The van der Waals surface area contributed by atoms with E-state index in [1.165, 1.54) is 12.2 Å². The minimum atomic E-state index is -0.213. The summed E-state index contributed by atoms with van der Waals surface area (Å²) in [5, 5.41) is 0. The van der Waals surface area contributed by atoms with Gasteiger partial charge in [-0.1, -0.05) is 18.7 Å². The molecule has 0 saturated heterocycles. The first-order chi connectivity index (χ1) is 5.22. The van der Waals surface area contributed by atoms with Gasteiger partial charge in [-0.05, 0) is 31.5 Å². The van der Waals surface area contributed by atoms with Gasteiger partial charge in [-0.2, -0.15) is 0 Å². The van der Waals surface area contributed by atoms with Gasteiger partial charge in [0, 0.05) is 0 Å². The molecule has 0 atom stereocenters. The van der Waals surface area contributed by atoms with Gasteiger partial charge in [0.1, 0.15) is 5.83 Å². The lowest BCUT2D eigenvalue weighted by molar-refractivity contribution is 0.645. The summed E-state index contributed by atoms with van der Waals surface area (Å²) < 4.78 is 12.9. The van der Waals surface area contributed by atoms with E-state index in [-0.39, 0.29) is 5.83 Å². The monoisotopic (exact) mass is 155 g/mol. The Morgan fingerprint density at radius 1 is 1.64 bits per heavy atom. The van der Waals surface area contributed by atoms with Crippen LogP contribution in [0.2, 0.25) is 0 Å². The minimum absolute atomic E-state index is 0.213. The molecule has 0 aliphatic carbocycles. The number of hydrogen-bond donors (Lipinski definition) is 1. The molecular formula is C9H14FN. The van der Waals surface area contributed by atoms with Crippen molar-refractivity contribution >= 4 is 0 Å². The molecule has 2 N–H and O–H groups in total. The van der Waals surface area contributed by atoms with Crippen LogP contribution in [0.3, 0.4) is 0 Å². The van der Waals surface area contributed by atoms with E-state index < -0.39 is 0 Å². The van der Waals surface area contributed by atoms with Crippen molar-refractivity contribution in [2.45, 2.75) is 13.3 Å².